The molecule has 2 N–H and O–H groups in total. The highest BCUT2D eigenvalue weighted by Crippen LogP contribution is 2.20. The van der Waals surface area contributed by atoms with Crippen molar-refractivity contribution in [3.8, 4) is 5.75 Å². The Bertz CT molecular complexity index is 546. The third-order valence-corrected chi connectivity index (χ3v) is 2.16. The second-order valence-corrected chi connectivity index (χ2v) is 5.14. The first-order valence-corrected chi connectivity index (χ1v) is 5.29. The Morgan fingerprint density at radius 3 is 2.56 bits per heavy atom. The molecule has 0 aliphatic rings. The highest BCUT2D eigenvalue weighted by Gasteiger charge is 2.11. The molecule has 0 unspecified atom stereocenters. The number of nitrogens with one attached hydrogen (secondary N) is 2. The average molecular weight is 220 g/mol. The van der Waals surface area contributed by atoms with Crippen LogP contribution in [0.1, 0.15) is 20.8 Å². The zero-order valence-electron chi connectivity index (χ0n) is 9.76. The maximum Gasteiger partial charge on any atom is 0.323 e. The third kappa shape index (κ3) is 2.45. The van der Waals surface area contributed by atoms with Gasteiger partial charge in [0.25, 0.3) is 0 Å². The first-order valence-electron chi connectivity index (χ1n) is 5.29. The summed E-state index contributed by atoms with van der Waals surface area (Å²) in [6.07, 6.45) is 0. The van der Waals surface area contributed by atoms with Gasteiger partial charge in [-0.3, -0.25) is 0 Å². The third-order valence-electron chi connectivity index (χ3n) is 2.16. The number of imidazole rings is 1. The van der Waals surface area contributed by atoms with E-state index in [9.17, 15) is 4.79 Å². The van der Waals surface area contributed by atoms with Crippen LogP contribution >= 0.6 is 0 Å². The van der Waals surface area contributed by atoms with Crippen molar-refractivity contribution in [1.29, 1.82) is 0 Å². The minimum atomic E-state index is -0.192. The molecule has 2 rings (SSSR count). The highest BCUT2D eigenvalue weighted by atomic mass is 16.5. The van der Waals surface area contributed by atoms with Crippen LogP contribution in [0.4, 0.5) is 0 Å². The van der Waals surface area contributed by atoms with E-state index < -0.39 is 0 Å². The molecule has 0 saturated carbocycles. The summed E-state index contributed by atoms with van der Waals surface area (Å²) >= 11 is 0. The van der Waals surface area contributed by atoms with Gasteiger partial charge >= 0.3 is 5.69 Å². The van der Waals surface area contributed by atoms with E-state index in [0.717, 1.165) is 16.8 Å². The lowest BCUT2D eigenvalue weighted by Crippen LogP contribution is -2.16. The molecule has 1 heterocycles. The van der Waals surface area contributed by atoms with Gasteiger partial charge in [0.15, 0.2) is 0 Å². The molecule has 0 aliphatic heterocycles. The fraction of sp³-hybridized carbons (Fsp3) is 0.417. The number of hydrogen-bond acceptors (Lipinski definition) is 2. The monoisotopic (exact) mass is 220 g/mol. The van der Waals surface area contributed by atoms with Crippen molar-refractivity contribution in [1.82, 2.24) is 9.97 Å². The number of H-pyrrole nitrogens is 2. The van der Waals surface area contributed by atoms with Gasteiger partial charge in [0.05, 0.1) is 17.6 Å². The molecule has 0 spiro atoms. The van der Waals surface area contributed by atoms with Gasteiger partial charge in [-0.05, 0) is 17.5 Å². The van der Waals surface area contributed by atoms with Gasteiger partial charge in [-0.2, -0.15) is 0 Å². The quantitative estimate of drug-likeness (QED) is 0.815. The first-order chi connectivity index (χ1) is 7.44. The molecule has 0 amide bonds. The van der Waals surface area contributed by atoms with Crippen molar-refractivity contribution in [2.75, 3.05) is 6.61 Å². The molecular weight excluding hydrogens is 204 g/mol. The Kier molecular flexibility index (Phi) is 2.50. The highest BCUT2D eigenvalue weighted by molar-refractivity contribution is 5.75. The van der Waals surface area contributed by atoms with Crippen molar-refractivity contribution < 1.29 is 4.74 Å². The number of fused-ring (bicyclic) bond motifs is 1. The molecule has 16 heavy (non-hydrogen) atoms. The van der Waals surface area contributed by atoms with Crippen LogP contribution in [-0.2, 0) is 0 Å². The van der Waals surface area contributed by atoms with Gasteiger partial charge in [0.2, 0.25) is 0 Å². The summed E-state index contributed by atoms with van der Waals surface area (Å²) in [4.78, 5) is 16.5. The molecule has 0 bridgehead atoms. The molecule has 1 aromatic carbocycles. The molecule has 4 nitrogen and oxygen atoms in total. The van der Waals surface area contributed by atoms with Gasteiger partial charge in [-0.15, -0.1) is 0 Å². The number of aromatic nitrogens is 2. The molecule has 4 heteroatoms. The molecule has 1 aromatic heterocycles. The lowest BCUT2D eigenvalue weighted by Gasteiger charge is -2.18. The van der Waals surface area contributed by atoms with E-state index in [-0.39, 0.29) is 11.1 Å². The minimum Gasteiger partial charge on any atom is -0.493 e. The van der Waals surface area contributed by atoms with E-state index in [0.29, 0.717) is 6.61 Å². The van der Waals surface area contributed by atoms with E-state index in [1.54, 1.807) is 0 Å². The molecule has 0 saturated heterocycles. The van der Waals surface area contributed by atoms with Crippen LogP contribution in [0.5, 0.6) is 5.75 Å². The fourth-order valence-electron chi connectivity index (χ4n) is 1.40. The second kappa shape index (κ2) is 3.70. The predicted molar refractivity (Wildman–Crippen MR) is 63.9 cm³/mol. The standard InChI is InChI=1S/C12H16N2O2/c1-12(2,3)7-16-8-4-5-9-10(6-8)14-11(15)13-9/h4-6H,7H2,1-3H3,(H2,13,14,15). The van der Waals surface area contributed by atoms with Gasteiger partial charge in [0.1, 0.15) is 5.75 Å². The van der Waals surface area contributed by atoms with E-state index >= 15 is 0 Å². The zero-order valence-corrected chi connectivity index (χ0v) is 9.76. The van der Waals surface area contributed by atoms with Crippen molar-refractivity contribution in [3.05, 3.63) is 28.7 Å². The van der Waals surface area contributed by atoms with Crippen LogP contribution in [0, 0.1) is 5.41 Å². The molecular formula is C12H16N2O2. The minimum absolute atomic E-state index is 0.126. The smallest absolute Gasteiger partial charge is 0.323 e. The van der Waals surface area contributed by atoms with Crippen LogP contribution in [0.15, 0.2) is 23.0 Å². The Morgan fingerprint density at radius 2 is 1.88 bits per heavy atom. The molecule has 0 atom stereocenters. The van der Waals surface area contributed by atoms with Crippen LogP contribution < -0.4 is 10.4 Å². The number of aromatic amines is 2. The average Bonchev–Trinajstić information content (AvgIpc) is 2.52. The van der Waals surface area contributed by atoms with Crippen molar-refractivity contribution in [3.63, 3.8) is 0 Å². The summed E-state index contributed by atoms with van der Waals surface area (Å²) in [5.74, 6) is 0.776. The van der Waals surface area contributed by atoms with Gasteiger partial charge in [-0.1, -0.05) is 20.8 Å². The summed E-state index contributed by atoms with van der Waals surface area (Å²) in [5.41, 5.74) is 1.51. The summed E-state index contributed by atoms with van der Waals surface area (Å²) in [5, 5.41) is 0. The van der Waals surface area contributed by atoms with Gasteiger partial charge < -0.3 is 14.7 Å². The largest absolute Gasteiger partial charge is 0.493 e. The topological polar surface area (TPSA) is 57.9 Å². The van der Waals surface area contributed by atoms with Gasteiger partial charge in [0, 0.05) is 6.07 Å². The zero-order chi connectivity index (χ0) is 11.8. The first kappa shape index (κ1) is 10.8. The number of ether oxygens (including phenoxy) is 1. The molecule has 2 aromatic rings. The van der Waals surface area contributed by atoms with Crippen molar-refractivity contribution in [2.45, 2.75) is 20.8 Å². The maximum atomic E-state index is 11.1. The fourth-order valence-corrected chi connectivity index (χ4v) is 1.40. The van der Waals surface area contributed by atoms with Crippen molar-refractivity contribution in [2.24, 2.45) is 5.41 Å². The SMILES string of the molecule is CC(C)(C)COc1ccc2[nH]c(=O)[nH]c2c1. The van der Waals surface area contributed by atoms with Crippen molar-refractivity contribution >= 4 is 11.0 Å². The van der Waals surface area contributed by atoms with E-state index in [2.05, 4.69) is 30.7 Å². The molecule has 0 radical (unpaired) electrons. The van der Waals surface area contributed by atoms with Crippen LogP contribution in [0.2, 0.25) is 0 Å². The number of rotatable bonds is 2. The van der Waals surface area contributed by atoms with E-state index in [1.807, 2.05) is 18.2 Å². The Morgan fingerprint density at radius 1 is 1.19 bits per heavy atom. The predicted octanol–water partition coefficient (Wildman–Crippen LogP) is 2.28. The van der Waals surface area contributed by atoms with Crippen LogP contribution in [0.3, 0.4) is 0 Å². The van der Waals surface area contributed by atoms with E-state index in [1.165, 1.54) is 0 Å². The van der Waals surface area contributed by atoms with Gasteiger partial charge in [-0.25, -0.2) is 4.79 Å². The molecule has 86 valence electrons. The Hall–Kier alpha value is -1.71. The number of hydrogen-bond donors (Lipinski definition) is 2. The summed E-state index contributed by atoms with van der Waals surface area (Å²) in [6.45, 7) is 6.99. The normalized spacial score (nSPS) is 11.9. The molecule has 0 fully saturated rings. The Labute approximate surface area is 93.6 Å². The number of benzene rings is 1. The second-order valence-electron chi connectivity index (χ2n) is 5.14. The van der Waals surface area contributed by atoms with E-state index in [4.69, 9.17) is 4.74 Å². The van der Waals surface area contributed by atoms with Crippen LogP contribution in [0.25, 0.3) is 11.0 Å². The molecule has 0 aliphatic carbocycles. The lowest BCUT2D eigenvalue weighted by molar-refractivity contribution is 0.198. The van der Waals surface area contributed by atoms with Crippen LogP contribution in [-0.4, -0.2) is 16.6 Å². The summed E-state index contributed by atoms with van der Waals surface area (Å²) in [6, 6.07) is 5.53. The summed E-state index contributed by atoms with van der Waals surface area (Å²) < 4.78 is 5.65. The Balaban J connectivity index is 2.22. The lowest BCUT2D eigenvalue weighted by atomic mass is 9.99. The summed E-state index contributed by atoms with van der Waals surface area (Å²) in [7, 11) is 0. The maximum absolute atomic E-state index is 11.1.